The number of fused-ring (bicyclic) bond motifs is 1. The van der Waals surface area contributed by atoms with Crippen molar-refractivity contribution in [2.45, 2.75) is 13.0 Å². The van der Waals surface area contributed by atoms with E-state index in [0.29, 0.717) is 12.5 Å². The first-order valence-corrected chi connectivity index (χ1v) is 8.04. The van der Waals surface area contributed by atoms with Gasteiger partial charge in [0, 0.05) is 13.1 Å². The monoisotopic (exact) mass is 357 g/mol. The molecule has 0 aliphatic carbocycles. The Balaban J connectivity index is 1.57. The van der Waals surface area contributed by atoms with Crippen LogP contribution in [0.2, 0.25) is 0 Å². The smallest absolute Gasteiger partial charge is 0.247 e. The summed E-state index contributed by atoms with van der Waals surface area (Å²) in [5.74, 6) is -3.52. The van der Waals surface area contributed by atoms with Crippen molar-refractivity contribution in [2.75, 3.05) is 16.8 Å². The molecular formula is C18H14F3N5. The number of nitrogens with one attached hydrogen (secondary N) is 1. The molecule has 0 atom stereocenters. The second kappa shape index (κ2) is 6.62. The zero-order valence-corrected chi connectivity index (χ0v) is 13.6. The summed E-state index contributed by atoms with van der Waals surface area (Å²) in [4.78, 5) is 6.28. The molecule has 4 rings (SSSR count). The van der Waals surface area contributed by atoms with E-state index in [1.807, 2.05) is 23.1 Å². The lowest BCUT2D eigenvalue weighted by Crippen LogP contribution is -2.32. The second-order valence-corrected chi connectivity index (χ2v) is 5.93. The topological polar surface area (TPSA) is 53.9 Å². The average Bonchev–Trinajstić information content (AvgIpc) is 2.68. The van der Waals surface area contributed by atoms with Crippen molar-refractivity contribution in [3.63, 3.8) is 0 Å². The normalized spacial score (nSPS) is 13.4. The fraction of sp³-hybridized carbons (Fsp3) is 0.167. The van der Waals surface area contributed by atoms with Gasteiger partial charge in [0.25, 0.3) is 0 Å². The highest BCUT2D eigenvalue weighted by atomic mass is 19.2. The Morgan fingerprint density at radius 3 is 2.62 bits per heavy atom. The second-order valence-electron chi connectivity index (χ2n) is 5.93. The van der Waals surface area contributed by atoms with Crippen LogP contribution >= 0.6 is 0 Å². The van der Waals surface area contributed by atoms with E-state index in [2.05, 4.69) is 26.6 Å². The molecule has 3 aromatic rings. The molecule has 0 unspecified atom stereocenters. The molecule has 0 amide bonds. The molecular weight excluding hydrogens is 343 g/mol. The van der Waals surface area contributed by atoms with E-state index in [0.717, 1.165) is 25.1 Å². The van der Waals surface area contributed by atoms with Crippen LogP contribution in [0.4, 0.5) is 30.6 Å². The van der Waals surface area contributed by atoms with Crippen molar-refractivity contribution in [1.82, 2.24) is 15.2 Å². The largest absolute Gasteiger partial charge is 0.336 e. The van der Waals surface area contributed by atoms with Crippen molar-refractivity contribution < 1.29 is 13.2 Å². The van der Waals surface area contributed by atoms with Crippen LogP contribution in [-0.2, 0) is 13.0 Å². The Labute approximate surface area is 147 Å². The fourth-order valence-corrected chi connectivity index (χ4v) is 2.92. The van der Waals surface area contributed by atoms with Crippen LogP contribution in [0.5, 0.6) is 0 Å². The third-order valence-corrected chi connectivity index (χ3v) is 4.26. The van der Waals surface area contributed by atoms with Gasteiger partial charge in [-0.2, -0.15) is 10.1 Å². The highest BCUT2D eigenvalue weighted by Gasteiger charge is 2.19. The van der Waals surface area contributed by atoms with Gasteiger partial charge in [-0.15, -0.1) is 5.10 Å². The number of hydrogen-bond donors (Lipinski definition) is 1. The van der Waals surface area contributed by atoms with Crippen LogP contribution in [0.1, 0.15) is 11.1 Å². The molecule has 0 bridgehead atoms. The molecule has 2 heterocycles. The number of benzene rings is 2. The minimum Gasteiger partial charge on any atom is -0.336 e. The summed E-state index contributed by atoms with van der Waals surface area (Å²) in [6.07, 6.45) is 2.15. The molecule has 8 heteroatoms. The number of nitrogens with zero attached hydrogens (tertiary/aromatic N) is 4. The fourth-order valence-electron chi connectivity index (χ4n) is 2.92. The molecule has 132 valence electrons. The highest BCUT2D eigenvalue weighted by molar-refractivity contribution is 5.57. The van der Waals surface area contributed by atoms with E-state index in [-0.39, 0.29) is 11.5 Å². The summed E-state index contributed by atoms with van der Waals surface area (Å²) < 4.78 is 40.2. The third-order valence-electron chi connectivity index (χ3n) is 4.26. The number of anilines is 3. The molecule has 0 radical (unpaired) electrons. The van der Waals surface area contributed by atoms with E-state index in [1.54, 1.807) is 0 Å². The Hall–Kier alpha value is -3.16. The van der Waals surface area contributed by atoms with Gasteiger partial charge < -0.3 is 10.2 Å². The van der Waals surface area contributed by atoms with Gasteiger partial charge in [0.15, 0.2) is 23.3 Å². The Morgan fingerprint density at radius 1 is 0.962 bits per heavy atom. The zero-order chi connectivity index (χ0) is 18.1. The van der Waals surface area contributed by atoms with Gasteiger partial charge in [-0.05, 0) is 29.7 Å². The molecule has 1 aliphatic rings. The van der Waals surface area contributed by atoms with Crippen molar-refractivity contribution >= 4 is 17.5 Å². The van der Waals surface area contributed by atoms with Crippen LogP contribution in [-0.4, -0.2) is 21.7 Å². The number of aromatic nitrogens is 3. The van der Waals surface area contributed by atoms with E-state index in [4.69, 9.17) is 0 Å². The quantitative estimate of drug-likeness (QED) is 0.726. The molecule has 1 N–H and O–H groups in total. The first kappa shape index (κ1) is 16.3. The lowest BCUT2D eigenvalue weighted by Gasteiger charge is -2.28. The van der Waals surface area contributed by atoms with Crippen molar-refractivity contribution in [1.29, 1.82) is 0 Å². The van der Waals surface area contributed by atoms with Crippen molar-refractivity contribution in [3.8, 4) is 0 Å². The third kappa shape index (κ3) is 3.05. The molecule has 1 aromatic heterocycles. The maximum Gasteiger partial charge on any atom is 0.247 e. The van der Waals surface area contributed by atoms with Crippen LogP contribution in [0.3, 0.4) is 0 Å². The van der Waals surface area contributed by atoms with E-state index in [1.165, 1.54) is 17.3 Å². The van der Waals surface area contributed by atoms with Crippen molar-refractivity contribution in [3.05, 3.63) is 71.2 Å². The van der Waals surface area contributed by atoms with Gasteiger partial charge >= 0.3 is 0 Å². The lowest BCUT2D eigenvalue weighted by molar-refractivity contribution is 0.449. The molecule has 0 saturated heterocycles. The Morgan fingerprint density at radius 2 is 1.77 bits per heavy atom. The molecule has 5 nitrogen and oxygen atoms in total. The minimum atomic E-state index is -1.54. The Bertz CT molecular complexity index is 963. The lowest BCUT2D eigenvalue weighted by atomic mass is 10.0. The van der Waals surface area contributed by atoms with Crippen LogP contribution in [0.15, 0.2) is 42.6 Å². The van der Waals surface area contributed by atoms with Gasteiger partial charge in [0.1, 0.15) is 0 Å². The van der Waals surface area contributed by atoms with E-state index >= 15 is 0 Å². The summed E-state index contributed by atoms with van der Waals surface area (Å²) in [5, 5.41) is 10.5. The SMILES string of the molecule is Fc1ccc(Nc2cnnc(N3CCc4ccccc4C3)n2)c(F)c1F. The number of hydrogen-bond acceptors (Lipinski definition) is 5. The van der Waals surface area contributed by atoms with E-state index in [9.17, 15) is 13.2 Å². The molecule has 0 fully saturated rings. The first-order valence-electron chi connectivity index (χ1n) is 8.04. The van der Waals surface area contributed by atoms with Crippen LogP contribution in [0, 0.1) is 17.5 Å². The van der Waals surface area contributed by atoms with Gasteiger partial charge in [0.2, 0.25) is 5.95 Å². The van der Waals surface area contributed by atoms with Gasteiger partial charge in [-0.1, -0.05) is 24.3 Å². The van der Waals surface area contributed by atoms with E-state index < -0.39 is 17.5 Å². The molecule has 2 aromatic carbocycles. The molecule has 0 spiro atoms. The van der Waals surface area contributed by atoms with Gasteiger partial charge in [-0.25, -0.2) is 13.2 Å². The molecule has 26 heavy (non-hydrogen) atoms. The van der Waals surface area contributed by atoms with Crippen LogP contribution in [0.25, 0.3) is 0 Å². The number of halogens is 3. The van der Waals surface area contributed by atoms with Gasteiger partial charge in [0.05, 0.1) is 11.9 Å². The summed E-state index contributed by atoms with van der Waals surface area (Å²) in [6, 6.07) is 10.1. The summed E-state index contributed by atoms with van der Waals surface area (Å²) >= 11 is 0. The molecule has 0 saturated carbocycles. The summed E-state index contributed by atoms with van der Waals surface area (Å²) in [7, 11) is 0. The maximum atomic E-state index is 13.8. The zero-order valence-electron chi connectivity index (χ0n) is 13.6. The van der Waals surface area contributed by atoms with Crippen molar-refractivity contribution in [2.24, 2.45) is 0 Å². The van der Waals surface area contributed by atoms with Gasteiger partial charge in [-0.3, -0.25) is 0 Å². The predicted molar refractivity (Wildman–Crippen MR) is 90.6 cm³/mol. The number of rotatable bonds is 3. The Kier molecular flexibility index (Phi) is 4.16. The standard InChI is InChI=1S/C18H14F3N5/c19-13-5-6-14(17(21)16(13)20)23-15-9-22-25-18(24-15)26-8-7-11-3-1-2-4-12(11)10-26/h1-6,9H,7-8,10H2,(H,23,24,25). The maximum absolute atomic E-state index is 13.8. The summed E-state index contributed by atoms with van der Waals surface area (Å²) in [6.45, 7) is 1.36. The first-order chi connectivity index (χ1) is 12.6. The minimum absolute atomic E-state index is 0.193. The molecule has 1 aliphatic heterocycles. The highest BCUT2D eigenvalue weighted by Crippen LogP contribution is 2.25. The summed E-state index contributed by atoms with van der Waals surface area (Å²) in [5.41, 5.74) is 2.25. The van der Waals surface area contributed by atoms with Crippen LogP contribution < -0.4 is 10.2 Å². The average molecular weight is 357 g/mol. The predicted octanol–water partition coefficient (Wildman–Crippen LogP) is 3.60.